The monoisotopic (exact) mass is 311 g/mol. The smallest absolute Gasteiger partial charge is 0.128 e. The normalized spacial score (nSPS) is 20.3. The van der Waals surface area contributed by atoms with Gasteiger partial charge in [0.05, 0.1) is 10.7 Å². The standard InChI is InChI=1S/C16H26ClN3O/c1-12(2)10-19-7-8-20(11-14(19)6-9-21)16-5-4-15(17)13(3)18-16/h4-5,12,14,21H,6-11H2,1-3H3. The summed E-state index contributed by atoms with van der Waals surface area (Å²) in [4.78, 5) is 9.40. The first-order chi connectivity index (χ1) is 10.0. The highest BCUT2D eigenvalue weighted by Crippen LogP contribution is 2.22. The summed E-state index contributed by atoms with van der Waals surface area (Å²) in [6, 6.07) is 4.30. The number of nitrogens with zero attached hydrogens (tertiary/aromatic N) is 3. The summed E-state index contributed by atoms with van der Waals surface area (Å²) >= 11 is 6.06. The van der Waals surface area contributed by atoms with Crippen molar-refractivity contribution in [2.45, 2.75) is 33.2 Å². The largest absolute Gasteiger partial charge is 0.396 e. The van der Waals surface area contributed by atoms with E-state index < -0.39 is 0 Å². The second kappa shape index (κ2) is 7.43. The van der Waals surface area contributed by atoms with Gasteiger partial charge < -0.3 is 10.0 Å². The predicted molar refractivity (Wildman–Crippen MR) is 88.1 cm³/mol. The van der Waals surface area contributed by atoms with Crippen LogP contribution in [0.15, 0.2) is 12.1 Å². The van der Waals surface area contributed by atoms with E-state index in [-0.39, 0.29) is 6.61 Å². The van der Waals surface area contributed by atoms with Gasteiger partial charge in [-0.05, 0) is 31.4 Å². The predicted octanol–water partition coefficient (Wildman–Crippen LogP) is 2.57. The van der Waals surface area contributed by atoms with E-state index in [0.717, 1.165) is 44.1 Å². The molecule has 1 aliphatic rings. The number of hydrogen-bond donors (Lipinski definition) is 1. The molecule has 118 valence electrons. The lowest BCUT2D eigenvalue weighted by Crippen LogP contribution is -2.54. The average Bonchev–Trinajstić information content (AvgIpc) is 2.43. The lowest BCUT2D eigenvalue weighted by molar-refractivity contribution is 0.128. The van der Waals surface area contributed by atoms with Gasteiger partial charge in [0.2, 0.25) is 0 Å². The van der Waals surface area contributed by atoms with E-state index in [1.165, 1.54) is 0 Å². The Morgan fingerprint density at radius 2 is 2.14 bits per heavy atom. The molecule has 2 heterocycles. The zero-order valence-electron chi connectivity index (χ0n) is 13.2. The second-order valence-electron chi connectivity index (χ2n) is 6.24. The fourth-order valence-electron chi connectivity index (χ4n) is 2.94. The van der Waals surface area contributed by atoms with Crippen molar-refractivity contribution >= 4 is 17.4 Å². The molecule has 0 saturated carbocycles. The average molecular weight is 312 g/mol. The van der Waals surface area contributed by atoms with Gasteiger partial charge in [0.15, 0.2) is 0 Å². The number of pyridine rings is 1. The van der Waals surface area contributed by atoms with Gasteiger partial charge in [0, 0.05) is 38.8 Å². The maximum absolute atomic E-state index is 9.33. The summed E-state index contributed by atoms with van der Waals surface area (Å²) in [7, 11) is 0. The summed E-state index contributed by atoms with van der Waals surface area (Å²) in [5.74, 6) is 1.64. The fourth-order valence-corrected chi connectivity index (χ4v) is 3.05. The van der Waals surface area contributed by atoms with Gasteiger partial charge in [-0.15, -0.1) is 0 Å². The summed E-state index contributed by atoms with van der Waals surface area (Å²) in [6.07, 6.45) is 0.815. The number of aliphatic hydroxyl groups excluding tert-OH is 1. The second-order valence-corrected chi connectivity index (χ2v) is 6.64. The van der Waals surface area contributed by atoms with Crippen molar-refractivity contribution in [3.8, 4) is 0 Å². The zero-order valence-corrected chi connectivity index (χ0v) is 14.0. The molecule has 1 atom stereocenters. The number of aliphatic hydroxyl groups is 1. The summed E-state index contributed by atoms with van der Waals surface area (Å²) in [6.45, 7) is 10.7. The van der Waals surface area contributed by atoms with Crippen LogP contribution in [0.4, 0.5) is 5.82 Å². The van der Waals surface area contributed by atoms with Gasteiger partial charge in [-0.25, -0.2) is 4.98 Å². The van der Waals surface area contributed by atoms with E-state index >= 15 is 0 Å². The molecule has 4 nitrogen and oxygen atoms in total. The van der Waals surface area contributed by atoms with Crippen LogP contribution >= 0.6 is 11.6 Å². The minimum atomic E-state index is 0.236. The Morgan fingerprint density at radius 1 is 1.38 bits per heavy atom. The number of aromatic nitrogens is 1. The van der Waals surface area contributed by atoms with Crippen LogP contribution in [0, 0.1) is 12.8 Å². The summed E-state index contributed by atoms with van der Waals surface area (Å²) in [5, 5.41) is 10.0. The van der Waals surface area contributed by atoms with Crippen molar-refractivity contribution in [1.82, 2.24) is 9.88 Å². The SMILES string of the molecule is Cc1nc(N2CCN(CC(C)C)C(CCO)C2)ccc1Cl. The van der Waals surface area contributed by atoms with E-state index in [0.29, 0.717) is 17.0 Å². The topological polar surface area (TPSA) is 39.6 Å². The number of hydrogen-bond acceptors (Lipinski definition) is 4. The van der Waals surface area contributed by atoms with Crippen LogP contribution in [0.3, 0.4) is 0 Å². The molecule has 0 radical (unpaired) electrons. The van der Waals surface area contributed by atoms with Crippen LogP contribution in [-0.4, -0.2) is 53.8 Å². The highest BCUT2D eigenvalue weighted by Gasteiger charge is 2.27. The van der Waals surface area contributed by atoms with Crippen molar-refractivity contribution in [3.63, 3.8) is 0 Å². The third kappa shape index (κ3) is 4.31. The third-order valence-electron chi connectivity index (χ3n) is 4.00. The highest BCUT2D eigenvalue weighted by molar-refractivity contribution is 6.31. The Morgan fingerprint density at radius 3 is 2.76 bits per heavy atom. The third-order valence-corrected chi connectivity index (χ3v) is 4.40. The van der Waals surface area contributed by atoms with E-state index in [4.69, 9.17) is 11.6 Å². The molecule has 1 saturated heterocycles. The van der Waals surface area contributed by atoms with Crippen molar-refractivity contribution in [2.75, 3.05) is 37.7 Å². The van der Waals surface area contributed by atoms with Crippen LogP contribution in [-0.2, 0) is 0 Å². The Kier molecular flexibility index (Phi) is 5.85. The summed E-state index contributed by atoms with van der Waals surface area (Å²) in [5.41, 5.74) is 0.873. The maximum Gasteiger partial charge on any atom is 0.128 e. The molecule has 1 aromatic rings. The molecule has 1 unspecified atom stereocenters. The van der Waals surface area contributed by atoms with Crippen molar-refractivity contribution in [1.29, 1.82) is 0 Å². The first-order valence-corrected chi connectivity index (χ1v) is 8.12. The number of piperazine rings is 1. The Labute approximate surface area is 132 Å². The van der Waals surface area contributed by atoms with Gasteiger partial charge in [0.1, 0.15) is 5.82 Å². The molecular formula is C16H26ClN3O. The number of halogens is 1. The van der Waals surface area contributed by atoms with Crippen LogP contribution in [0.2, 0.25) is 5.02 Å². The molecule has 2 rings (SSSR count). The Bertz CT molecular complexity index is 467. The quantitative estimate of drug-likeness (QED) is 0.907. The van der Waals surface area contributed by atoms with Crippen molar-refractivity contribution in [3.05, 3.63) is 22.8 Å². The van der Waals surface area contributed by atoms with Gasteiger partial charge in [-0.2, -0.15) is 0 Å². The molecular weight excluding hydrogens is 286 g/mol. The van der Waals surface area contributed by atoms with Gasteiger partial charge in [-0.3, -0.25) is 4.90 Å². The van der Waals surface area contributed by atoms with E-state index in [1.807, 2.05) is 19.1 Å². The number of aryl methyl sites for hydroxylation is 1. The van der Waals surface area contributed by atoms with E-state index in [1.54, 1.807) is 0 Å². The lowest BCUT2D eigenvalue weighted by Gasteiger charge is -2.42. The van der Waals surface area contributed by atoms with E-state index in [2.05, 4.69) is 28.6 Å². The first-order valence-electron chi connectivity index (χ1n) is 7.74. The number of rotatable bonds is 5. The maximum atomic E-state index is 9.33. The van der Waals surface area contributed by atoms with Crippen LogP contribution in [0.5, 0.6) is 0 Å². The zero-order chi connectivity index (χ0) is 15.4. The van der Waals surface area contributed by atoms with Crippen molar-refractivity contribution in [2.24, 2.45) is 5.92 Å². The van der Waals surface area contributed by atoms with Gasteiger partial charge >= 0.3 is 0 Å². The molecule has 1 N–H and O–H groups in total. The molecule has 0 aliphatic carbocycles. The van der Waals surface area contributed by atoms with Crippen LogP contribution < -0.4 is 4.90 Å². The molecule has 0 aromatic carbocycles. The molecule has 0 spiro atoms. The van der Waals surface area contributed by atoms with E-state index in [9.17, 15) is 5.11 Å². The minimum absolute atomic E-state index is 0.236. The minimum Gasteiger partial charge on any atom is -0.396 e. The molecule has 1 aromatic heterocycles. The molecule has 1 fully saturated rings. The van der Waals surface area contributed by atoms with Crippen LogP contribution in [0.1, 0.15) is 26.0 Å². The fraction of sp³-hybridized carbons (Fsp3) is 0.688. The molecule has 21 heavy (non-hydrogen) atoms. The first kappa shape index (κ1) is 16.5. The van der Waals surface area contributed by atoms with Crippen LogP contribution in [0.25, 0.3) is 0 Å². The lowest BCUT2D eigenvalue weighted by atomic mass is 10.1. The number of anilines is 1. The molecule has 0 amide bonds. The molecule has 5 heteroatoms. The van der Waals surface area contributed by atoms with Gasteiger partial charge in [-0.1, -0.05) is 25.4 Å². The highest BCUT2D eigenvalue weighted by atomic mass is 35.5. The van der Waals surface area contributed by atoms with Gasteiger partial charge in [0.25, 0.3) is 0 Å². The molecule has 1 aliphatic heterocycles. The molecule has 0 bridgehead atoms. The Hall–Kier alpha value is -0.840. The van der Waals surface area contributed by atoms with Crippen molar-refractivity contribution < 1.29 is 5.11 Å². The summed E-state index contributed by atoms with van der Waals surface area (Å²) < 4.78 is 0. The Balaban J connectivity index is 2.08.